The van der Waals surface area contributed by atoms with Crippen molar-refractivity contribution in [3.8, 4) is 0 Å². The van der Waals surface area contributed by atoms with Gasteiger partial charge >= 0.3 is 0 Å². The summed E-state index contributed by atoms with van der Waals surface area (Å²) >= 11 is 0. The molecule has 0 saturated heterocycles. The van der Waals surface area contributed by atoms with Gasteiger partial charge in [-0.25, -0.2) is 12.8 Å². The van der Waals surface area contributed by atoms with Gasteiger partial charge in [0.2, 0.25) is 0 Å². The number of nitro benzene ring substituents is 1. The Morgan fingerprint density at radius 1 is 1.13 bits per heavy atom. The Morgan fingerprint density at radius 2 is 1.78 bits per heavy atom. The minimum Gasteiger partial charge on any atom is -0.273 e. The van der Waals surface area contributed by atoms with Gasteiger partial charge in [0.25, 0.3) is 21.6 Å². The van der Waals surface area contributed by atoms with E-state index in [-0.39, 0.29) is 16.1 Å². The molecule has 0 radical (unpaired) electrons. The zero-order valence-electron chi connectivity index (χ0n) is 11.4. The van der Waals surface area contributed by atoms with Crippen molar-refractivity contribution in [1.29, 1.82) is 0 Å². The lowest BCUT2D eigenvalue weighted by molar-refractivity contribution is -0.384. The Kier molecular flexibility index (Phi) is 4.67. The summed E-state index contributed by atoms with van der Waals surface area (Å²) in [5, 5.41) is 10.6. The first-order valence-corrected chi connectivity index (χ1v) is 7.60. The van der Waals surface area contributed by atoms with E-state index in [2.05, 4.69) is 0 Å². The van der Waals surface area contributed by atoms with Crippen LogP contribution >= 0.6 is 0 Å². The first-order valence-electron chi connectivity index (χ1n) is 6.12. The smallest absolute Gasteiger partial charge is 0.270 e. The van der Waals surface area contributed by atoms with Crippen LogP contribution < -0.4 is 10.3 Å². The number of nitrogens with zero attached hydrogens (tertiary/aromatic N) is 1. The predicted octanol–water partition coefficient (Wildman–Crippen LogP) is 1.36. The SMILES string of the molecule is O=C(NNS(=O)(=O)c1ccc(F)cc1)c1cccc([N+](=O)[O-])c1. The monoisotopic (exact) mass is 339 g/mol. The minimum absolute atomic E-state index is 0.0963. The van der Waals surface area contributed by atoms with Gasteiger partial charge in [-0.05, 0) is 30.3 Å². The Balaban J connectivity index is 2.10. The first-order chi connectivity index (χ1) is 10.8. The highest BCUT2D eigenvalue weighted by Gasteiger charge is 2.17. The van der Waals surface area contributed by atoms with Gasteiger partial charge in [-0.3, -0.25) is 20.3 Å². The van der Waals surface area contributed by atoms with Crippen molar-refractivity contribution in [1.82, 2.24) is 10.3 Å². The molecule has 120 valence electrons. The molecule has 10 heteroatoms. The van der Waals surface area contributed by atoms with Crippen molar-refractivity contribution in [2.75, 3.05) is 0 Å². The summed E-state index contributed by atoms with van der Waals surface area (Å²) < 4.78 is 36.6. The van der Waals surface area contributed by atoms with E-state index in [1.807, 2.05) is 10.3 Å². The third kappa shape index (κ3) is 4.08. The normalized spacial score (nSPS) is 11.0. The number of halogens is 1. The van der Waals surface area contributed by atoms with Crippen molar-refractivity contribution in [2.24, 2.45) is 0 Å². The Hall–Kier alpha value is -2.85. The number of benzene rings is 2. The fourth-order valence-electron chi connectivity index (χ4n) is 1.62. The van der Waals surface area contributed by atoms with Gasteiger partial charge in [0.1, 0.15) is 5.82 Å². The van der Waals surface area contributed by atoms with Gasteiger partial charge in [-0.15, -0.1) is 4.83 Å². The number of hydrogen-bond acceptors (Lipinski definition) is 5. The van der Waals surface area contributed by atoms with Gasteiger partial charge in [-0.2, -0.15) is 0 Å². The van der Waals surface area contributed by atoms with Crippen LogP contribution in [0.15, 0.2) is 53.4 Å². The van der Waals surface area contributed by atoms with Crippen LogP contribution in [0.5, 0.6) is 0 Å². The summed E-state index contributed by atoms with van der Waals surface area (Å²) in [5.74, 6) is -1.48. The highest BCUT2D eigenvalue weighted by Crippen LogP contribution is 2.13. The number of rotatable bonds is 5. The molecule has 2 rings (SSSR count). The highest BCUT2D eigenvalue weighted by atomic mass is 32.2. The van der Waals surface area contributed by atoms with Crippen LogP contribution in [0.2, 0.25) is 0 Å². The molecule has 0 bridgehead atoms. The molecule has 0 spiro atoms. The summed E-state index contributed by atoms with van der Waals surface area (Å²) in [4.78, 5) is 23.4. The molecule has 0 aliphatic carbocycles. The number of sulfonamides is 1. The van der Waals surface area contributed by atoms with Crippen LogP contribution in [0.1, 0.15) is 10.4 Å². The van der Waals surface area contributed by atoms with Crippen LogP contribution in [-0.2, 0) is 10.0 Å². The second-order valence-corrected chi connectivity index (χ2v) is 6.00. The molecule has 8 nitrogen and oxygen atoms in total. The summed E-state index contributed by atoms with van der Waals surface area (Å²) in [6.45, 7) is 0. The van der Waals surface area contributed by atoms with E-state index in [4.69, 9.17) is 0 Å². The molecule has 0 atom stereocenters. The van der Waals surface area contributed by atoms with Crippen molar-refractivity contribution in [3.05, 3.63) is 70.0 Å². The van der Waals surface area contributed by atoms with E-state index in [0.29, 0.717) is 0 Å². The van der Waals surface area contributed by atoms with Crippen molar-refractivity contribution in [2.45, 2.75) is 4.90 Å². The van der Waals surface area contributed by atoms with Crippen molar-refractivity contribution in [3.63, 3.8) is 0 Å². The lowest BCUT2D eigenvalue weighted by Gasteiger charge is -2.08. The van der Waals surface area contributed by atoms with Crippen molar-refractivity contribution < 1.29 is 22.5 Å². The molecule has 0 unspecified atom stereocenters. The number of hydrazine groups is 1. The van der Waals surface area contributed by atoms with Gasteiger partial charge in [0.05, 0.1) is 9.82 Å². The lowest BCUT2D eigenvalue weighted by Crippen LogP contribution is -2.41. The summed E-state index contributed by atoms with van der Waals surface area (Å²) in [7, 11) is -4.09. The summed E-state index contributed by atoms with van der Waals surface area (Å²) in [6.07, 6.45) is 0. The standard InChI is InChI=1S/C13H10FN3O5S/c14-10-4-6-12(7-5-10)23(21,22)16-15-13(18)9-2-1-3-11(8-9)17(19)20/h1-8,16H,(H,15,18). The molecule has 1 amide bonds. The first kappa shape index (κ1) is 16.5. The van der Waals surface area contributed by atoms with Gasteiger partial charge in [0, 0.05) is 17.7 Å². The topological polar surface area (TPSA) is 118 Å². The second kappa shape index (κ2) is 6.50. The minimum atomic E-state index is -4.09. The zero-order valence-corrected chi connectivity index (χ0v) is 12.2. The maximum atomic E-state index is 12.8. The molecule has 2 aromatic rings. The number of amides is 1. The molecule has 23 heavy (non-hydrogen) atoms. The highest BCUT2D eigenvalue weighted by molar-refractivity contribution is 7.89. The quantitative estimate of drug-likeness (QED) is 0.630. The fraction of sp³-hybridized carbons (Fsp3) is 0. The molecular formula is C13H10FN3O5S. The van der Waals surface area contributed by atoms with E-state index in [0.717, 1.165) is 30.3 Å². The number of nitro groups is 1. The molecule has 0 aliphatic rings. The van der Waals surface area contributed by atoms with Crippen LogP contribution in [-0.4, -0.2) is 19.2 Å². The third-order valence-electron chi connectivity index (χ3n) is 2.74. The maximum absolute atomic E-state index is 12.8. The average molecular weight is 339 g/mol. The molecule has 2 N–H and O–H groups in total. The Morgan fingerprint density at radius 3 is 2.39 bits per heavy atom. The van der Waals surface area contributed by atoms with Crippen molar-refractivity contribution >= 4 is 21.6 Å². The average Bonchev–Trinajstić information content (AvgIpc) is 2.53. The number of nitrogens with one attached hydrogen (secondary N) is 2. The third-order valence-corrected chi connectivity index (χ3v) is 4.01. The molecule has 0 saturated carbocycles. The van der Waals surface area contributed by atoms with E-state index in [1.54, 1.807) is 0 Å². The molecule has 0 aromatic heterocycles. The van der Waals surface area contributed by atoms with E-state index in [9.17, 15) is 27.7 Å². The van der Waals surface area contributed by atoms with Gasteiger partial charge in [-0.1, -0.05) is 6.07 Å². The fourth-order valence-corrected chi connectivity index (χ4v) is 2.46. The van der Waals surface area contributed by atoms with E-state index >= 15 is 0 Å². The van der Waals surface area contributed by atoms with Crippen LogP contribution in [0.3, 0.4) is 0 Å². The predicted molar refractivity (Wildman–Crippen MR) is 77.3 cm³/mol. The van der Waals surface area contributed by atoms with E-state index in [1.165, 1.54) is 18.2 Å². The van der Waals surface area contributed by atoms with Crippen LogP contribution in [0.4, 0.5) is 10.1 Å². The summed E-state index contributed by atoms with van der Waals surface area (Å²) in [5.41, 5.74) is 1.52. The number of carbonyl (C=O) groups is 1. The van der Waals surface area contributed by atoms with Gasteiger partial charge in [0.15, 0.2) is 0 Å². The molecule has 0 aliphatic heterocycles. The zero-order chi connectivity index (χ0) is 17.0. The van der Waals surface area contributed by atoms with Crippen LogP contribution in [0.25, 0.3) is 0 Å². The second-order valence-electron chi connectivity index (χ2n) is 4.32. The Labute approximate surface area is 130 Å². The number of carbonyl (C=O) groups excluding carboxylic acids is 1. The number of hydrogen-bond donors (Lipinski definition) is 2. The Bertz CT molecular complexity index is 852. The largest absolute Gasteiger partial charge is 0.273 e. The maximum Gasteiger partial charge on any atom is 0.270 e. The molecular weight excluding hydrogens is 329 g/mol. The summed E-state index contributed by atoms with van der Waals surface area (Å²) in [6, 6.07) is 8.74. The molecule has 0 fully saturated rings. The molecule has 2 aromatic carbocycles. The van der Waals surface area contributed by atoms with Crippen LogP contribution in [0, 0.1) is 15.9 Å². The number of non-ortho nitro benzene ring substituents is 1. The molecule has 0 heterocycles. The lowest BCUT2D eigenvalue weighted by atomic mass is 10.2. The van der Waals surface area contributed by atoms with E-state index < -0.39 is 26.7 Å². The van der Waals surface area contributed by atoms with Gasteiger partial charge < -0.3 is 0 Å².